The van der Waals surface area contributed by atoms with Crippen molar-refractivity contribution in [2.24, 2.45) is 0 Å². The Hall–Kier alpha value is -2.18. The number of benzene rings is 2. The van der Waals surface area contributed by atoms with Gasteiger partial charge in [0.2, 0.25) is 10.0 Å². The van der Waals surface area contributed by atoms with Gasteiger partial charge in [0.25, 0.3) is 5.91 Å². The number of rotatable bonds is 5. The van der Waals surface area contributed by atoms with Gasteiger partial charge in [-0.05, 0) is 43.2 Å². The quantitative estimate of drug-likeness (QED) is 0.905. The third-order valence-electron chi connectivity index (χ3n) is 3.88. The molecule has 1 N–H and O–H groups in total. The number of sulfonamides is 1. The summed E-state index contributed by atoms with van der Waals surface area (Å²) < 4.78 is 25.5. The van der Waals surface area contributed by atoms with E-state index in [1.165, 1.54) is 26.2 Å². The lowest BCUT2D eigenvalue weighted by atomic mass is 10.0. The molecule has 0 fully saturated rings. The predicted octanol–water partition coefficient (Wildman–Crippen LogP) is 2.74. The van der Waals surface area contributed by atoms with Crippen LogP contribution >= 0.6 is 0 Å². The molecule has 1 amide bonds. The van der Waals surface area contributed by atoms with Crippen LogP contribution in [0.25, 0.3) is 0 Å². The molecular weight excluding hydrogens is 324 g/mol. The monoisotopic (exact) mass is 346 g/mol. The first-order chi connectivity index (χ1) is 11.2. The fraction of sp³-hybridized carbons (Fsp3) is 0.278. The number of carbonyl (C=O) groups is 1. The van der Waals surface area contributed by atoms with E-state index in [1.54, 1.807) is 12.1 Å². The van der Waals surface area contributed by atoms with E-state index < -0.39 is 10.0 Å². The summed E-state index contributed by atoms with van der Waals surface area (Å²) >= 11 is 0. The van der Waals surface area contributed by atoms with E-state index in [1.807, 2.05) is 38.1 Å². The average Bonchev–Trinajstić information content (AvgIpc) is 2.55. The van der Waals surface area contributed by atoms with Crippen LogP contribution in [0.4, 0.5) is 0 Å². The van der Waals surface area contributed by atoms with Gasteiger partial charge in [-0.25, -0.2) is 12.7 Å². The molecule has 6 heteroatoms. The fourth-order valence-corrected chi connectivity index (χ4v) is 3.39. The molecule has 1 atom stereocenters. The van der Waals surface area contributed by atoms with Gasteiger partial charge in [-0.15, -0.1) is 0 Å². The zero-order chi connectivity index (χ0) is 17.9. The standard InChI is InChI=1S/C18H22N2O3S/c1-13-8-5-6-11-17(13)14(2)19-18(21)15-9-7-10-16(12-15)24(22,23)20(3)4/h5-12,14H,1-4H3,(H,19,21)/t14-/m0/s1. The molecule has 5 nitrogen and oxygen atoms in total. The number of aryl methyl sites for hydroxylation is 1. The highest BCUT2D eigenvalue weighted by Crippen LogP contribution is 2.19. The maximum Gasteiger partial charge on any atom is 0.251 e. The topological polar surface area (TPSA) is 66.5 Å². The molecule has 0 aliphatic heterocycles. The molecule has 0 aromatic heterocycles. The van der Waals surface area contributed by atoms with Crippen LogP contribution in [-0.4, -0.2) is 32.7 Å². The first-order valence-electron chi connectivity index (χ1n) is 7.62. The summed E-state index contributed by atoms with van der Waals surface area (Å²) in [5.41, 5.74) is 2.44. The Morgan fingerprint density at radius 2 is 1.75 bits per heavy atom. The molecule has 2 aromatic rings. The number of amides is 1. The Balaban J connectivity index is 2.24. The van der Waals surface area contributed by atoms with E-state index in [4.69, 9.17) is 0 Å². The van der Waals surface area contributed by atoms with Crippen molar-refractivity contribution in [3.8, 4) is 0 Å². The van der Waals surface area contributed by atoms with E-state index in [0.29, 0.717) is 5.56 Å². The van der Waals surface area contributed by atoms with Crippen LogP contribution in [0.2, 0.25) is 0 Å². The number of nitrogens with zero attached hydrogens (tertiary/aromatic N) is 1. The molecule has 24 heavy (non-hydrogen) atoms. The van der Waals surface area contributed by atoms with Gasteiger partial charge in [0, 0.05) is 19.7 Å². The minimum Gasteiger partial charge on any atom is -0.346 e. The summed E-state index contributed by atoms with van der Waals surface area (Å²) in [7, 11) is -0.646. The molecule has 0 radical (unpaired) electrons. The molecular formula is C18H22N2O3S. The SMILES string of the molecule is Cc1ccccc1[C@H](C)NC(=O)c1cccc(S(=O)(=O)N(C)C)c1. The van der Waals surface area contributed by atoms with Crippen LogP contribution in [0.15, 0.2) is 53.4 Å². The molecule has 0 aliphatic rings. The van der Waals surface area contributed by atoms with Crippen molar-refractivity contribution in [1.29, 1.82) is 0 Å². The van der Waals surface area contributed by atoms with Gasteiger partial charge < -0.3 is 5.32 Å². The summed E-state index contributed by atoms with van der Waals surface area (Å²) in [6.07, 6.45) is 0. The summed E-state index contributed by atoms with van der Waals surface area (Å²) in [5.74, 6) is -0.304. The maximum absolute atomic E-state index is 12.5. The predicted molar refractivity (Wildman–Crippen MR) is 94.4 cm³/mol. The molecule has 0 saturated heterocycles. The highest BCUT2D eigenvalue weighted by Gasteiger charge is 2.19. The molecule has 0 spiro atoms. The normalized spacial score (nSPS) is 12.9. The van der Waals surface area contributed by atoms with Gasteiger partial charge in [0.05, 0.1) is 10.9 Å². The Morgan fingerprint density at radius 1 is 1.08 bits per heavy atom. The molecule has 0 heterocycles. The molecule has 128 valence electrons. The lowest BCUT2D eigenvalue weighted by Crippen LogP contribution is -2.28. The van der Waals surface area contributed by atoms with Crippen molar-refractivity contribution in [3.63, 3.8) is 0 Å². The van der Waals surface area contributed by atoms with Crippen LogP contribution < -0.4 is 5.32 Å². The van der Waals surface area contributed by atoms with Gasteiger partial charge in [0.15, 0.2) is 0 Å². The van der Waals surface area contributed by atoms with Crippen LogP contribution in [0.1, 0.15) is 34.5 Å². The minimum absolute atomic E-state index is 0.101. The summed E-state index contributed by atoms with van der Waals surface area (Å²) in [5, 5.41) is 2.91. The van der Waals surface area contributed by atoms with Crippen molar-refractivity contribution >= 4 is 15.9 Å². The van der Waals surface area contributed by atoms with Crippen LogP contribution in [0.5, 0.6) is 0 Å². The van der Waals surface area contributed by atoms with Crippen LogP contribution in [-0.2, 0) is 10.0 Å². The fourth-order valence-electron chi connectivity index (χ4n) is 2.44. The van der Waals surface area contributed by atoms with Crippen LogP contribution in [0.3, 0.4) is 0 Å². The second-order valence-electron chi connectivity index (χ2n) is 5.87. The number of carbonyl (C=O) groups excluding carboxylic acids is 1. The van der Waals surface area contributed by atoms with E-state index in [2.05, 4.69) is 5.32 Å². The Labute approximate surface area is 143 Å². The van der Waals surface area contributed by atoms with Gasteiger partial charge in [-0.3, -0.25) is 4.79 Å². The number of hydrogen-bond donors (Lipinski definition) is 1. The maximum atomic E-state index is 12.5. The third-order valence-corrected chi connectivity index (χ3v) is 5.69. The number of nitrogens with one attached hydrogen (secondary N) is 1. The van der Waals surface area contributed by atoms with Crippen molar-refractivity contribution in [3.05, 3.63) is 65.2 Å². The Kier molecular flexibility index (Phi) is 5.41. The molecule has 0 unspecified atom stereocenters. The lowest BCUT2D eigenvalue weighted by molar-refractivity contribution is 0.0939. The van der Waals surface area contributed by atoms with Gasteiger partial charge in [-0.1, -0.05) is 30.3 Å². The highest BCUT2D eigenvalue weighted by atomic mass is 32.2. The first-order valence-corrected chi connectivity index (χ1v) is 9.06. The number of hydrogen-bond acceptors (Lipinski definition) is 3. The first kappa shape index (κ1) is 18.2. The largest absolute Gasteiger partial charge is 0.346 e. The third kappa shape index (κ3) is 3.83. The van der Waals surface area contributed by atoms with Crippen molar-refractivity contribution in [2.75, 3.05) is 14.1 Å². The Bertz CT molecular complexity index is 845. The second kappa shape index (κ2) is 7.15. The van der Waals surface area contributed by atoms with E-state index in [-0.39, 0.29) is 16.8 Å². The lowest BCUT2D eigenvalue weighted by Gasteiger charge is -2.17. The molecule has 0 aliphatic carbocycles. The molecule has 0 bridgehead atoms. The Morgan fingerprint density at radius 3 is 2.38 bits per heavy atom. The van der Waals surface area contributed by atoms with Gasteiger partial charge in [-0.2, -0.15) is 0 Å². The second-order valence-corrected chi connectivity index (χ2v) is 8.02. The van der Waals surface area contributed by atoms with E-state index >= 15 is 0 Å². The van der Waals surface area contributed by atoms with Crippen molar-refractivity contribution in [1.82, 2.24) is 9.62 Å². The van der Waals surface area contributed by atoms with Crippen LogP contribution in [0, 0.1) is 6.92 Å². The molecule has 2 rings (SSSR count). The van der Waals surface area contributed by atoms with E-state index in [0.717, 1.165) is 15.4 Å². The summed E-state index contributed by atoms with van der Waals surface area (Å²) in [6, 6.07) is 13.7. The van der Waals surface area contributed by atoms with E-state index in [9.17, 15) is 13.2 Å². The zero-order valence-corrected chi connectivity index (χ0v) is 15.1. The summed E-state index contributed by atoms with van der Waals surface area (Å²) in [6.45, 7) is 3.89. The van der Waals surface area contributed by atoms with Gasteiger partial charge in [0.1, 0.15) is 0 Å². The zero-order valence-electron chi connectivity index (χ0n) is 14.3. The highest BCUT2D eigenvalue weighted by molar-refractivity contribution is 7.89. The molecule has 2 aromatic carbocycles. The van der Waals surface area contributed by atoms with Gasteiger partial charge >= 0.3 is 0 Å². The summed E-state index contributed by atoms with van der Waals surface area (Å²) in [4.78, 5) is 12.6. The van der Waals surface area contributed by atoms with Crippen molar-refractivity contribution < 1.29 is 13.2 Å². The minimum atomic E-state index is -3.57. The molecule has 0 saturated carbocycles. The smallest absolute Gasteiger partial charge is 0.251 e. The average molecular weight is 346 g/mol. The van der Waals surface area contributed by atoms with Crippen molar-refractivity contribution in [2.45, 2.75) is 24.8 Å².